The van der Waals surface area contributed by atoms with Gasteiger partial charge >= 0.3 is 0 Å². The molecule has 0 aliphatic carbocycles. The molecule has 2 rings (SSSR count). The summed E-state index contributed by atoms with van der Waals surface area (Å²) in [6.07, 6.45) is 0. The Balaban J connectivity index is 2.11. The van der Waals surface area contributed by atoms with Crippen LogP contribution in [0.25, 0.3) is 0 Å². The van der Waals surface area contributed by atoms with Crippen LogP contribution in [0.2, 0.25) is 0 Å². The summed E-state index contributed by atoms with van der Waals surface area (Å²) in [6.45, 7) is 2.70. The maximum atomic E-state index is 9.05. The van der Waals surface area contributed by atoms with Gasteiger partial charge in [0.2, 0.25) is 0 Å². The van der Waals surface area contributed by atoms with Crippen LogP contribution in [0, 0.1) is 6.92 Å². The normalized spacial score (nSPS) is 10.5. The molecule has 2 aromatic rings. The van der Waals surface area contributed by atoms with Crippen LogP contribution in [-0.4, -0.2) is 22.1 Å². The van der Waals surface area contributed by atoms with E-state index in [9.17, 15) is 0 Å². The minimum atomic E-state index is -0.0303. The van der Waals surface area contributed by atoms with Crippen LogP contribution in [0.15, 0.2) is 23.6 Å². The second-order valence-corrected chi connectivity index (χ2v) is 4.92. The third-order valence-corrected chi connectivity index (χ3v) is 3.23. The molecule has 2 heterocycles. The van der Waals surface area contributed by atoms with E-state index in [1.54, 1.807) is 11.3 Å². The fourth-order valence-corrected chi connectivity index (χ4v) is 2.18. The number of nitrogens with zero attached hydrogens (tertiary/aromatic N) is 3. The molecule has 0 bridgehead atoms. The minimum Gasteiger partial charge on any atom is -0.390 e. The third-order valence-electron chi connectivity index (χ3n) is 2.41. The summed E-state index contributed by atoms with van der Waals surface area (Å²) in [5.74, 6) is 0.849. The number of hydrogen-bond donors (Lipinski definition) is 1. The van der Waals surface area contributed by atoms with E-state index in [1.807, 2.05) is 37.1 Å². The Morgan fingerprint density at radius 3 is 2.76 bits per heavy atom. The Morgan fingerprint density at radius 2 is 2.12 bits per heavy atom. The van der Waals surface area contributed by atoms with Crippen LogP contribution in [0.3, 0.4) is 0 Å². The van der Waals surface area contributed by atoms with E-state index in [1.165, 1.54) is 0 Å². The maximum absolute atomic E-state index is 9.05. The SMILES string of the molecule is Cc1nc(CN(C)c2cccc(CO)n2)cs1. The molecule has 0 aromatic carbocycles. The smallest absolute Gasteiger partial charge is 0.128 e. The van der Waals surface area contributed by atoms with Crippen molar-refractivity contribution in [2.24, 2.45) is 0 Å². The van der Waals surface area contributed by atoms with Crippen molar-refractivity contribution in [3.63, 3.8) is 0 Å². The van der Waals surface area contributed by atoms with E-state index in [0.29, 0.717) is 5.69 Å². The zero-order chi connectivity index (χ0) is 12.3. The molecule has 5 heteroatoms. The molecule has 0 fully saturated rings. The van der Waals surface area contributed by atoms with Gasteiger partial charge in [0.05, 0.1) is 29.5 Å². The molecular weight excluding hydrogens is 234 g/mol. The molecule has 0 atom stereocenters. The number of aryl methyl sites for hydroxylation is 1. The van der Waals surface area contributed by atoms with Gasteiger partial charge in [-0.25, -0.2) is 9.97 Å². The summed E-state index contributed by atoms with van der Waals surface area (Å²) in [5.41, 5.74) is 1.73. The molecular formula is C12H15N3OS. The number of aromatic nitrogens is 2. The molecule has 0 saturated carbocycles. The summed E-state index contributed by atoms with van der Waals surface area (Å²) < 4.78 is 0. The highest BCUT2D eigenvalue weighted by Gasteiger charge is 2.06. The Bertz CT molecular complexity index is 498. The molecule has 0 aliphatic rings. The number of aliphatic hydroxyl groups excluding tert-OH is 1. The van der Waals surface area contributed by atoms with Crippen LogP contribution in [0.4, 0.5) is 5.82 Å². The highest BCUT2D eigenvalue weighted by molar-refractivity contribution is 7.09. The van der Waals surface area contributed by atoms with Gasteiger partial charge in [0.1, 0.15) is 5.82 Å². The van der Waals surface area contributed by atoms with Gasteiger partial charge in [-0.15, -0.1) is 11.3 Å². The lowest BCUT2D eigenvalue weighted by Gasteiger charge is -2.17. The highest BCUT2D eigenvalue weighted by atomic mass is 32.1. The lowest BCUT2D eigenvalue weighted by atomic mass is 10.3. The van der Waals surface area contributed by atoms with Crippen molar-refractivity contribution in [2.45, 2.75) is 20.1 Å². The molecule has 0 radical (unpaired) electrons. The Hall–Kier alpha value is -1.46. The second kappa shape index (κ2) is 5.25. The van der Waals surface area contributed by atoms with Crippen molar-refractivity contribution in [1.29, 1.82) is 0 Å². The highest BCUT2D eigenvalue weighted by Crippen LogP contribution is 2.15. The molecule has 90 valence electrons. The standard InChI is InChI=1S/C12H15N3OS/c1-9-13-11(8-17-9)6-15(2)12-5-3-4-10(7-16)14-12/h3-5,8,16H,6-7H2,1-2H3. The topological polar surface area (TPSA) is 49.2 Å². The van der Waals surface area contributed by atoms with Gasteiger partial charge in [0, 0.05) is 12.4 Å². The van der Waals surface area contributed by atoms with Crippen molar-refractivity contribution in [3.05, 3.63) is 40.0 Å². The summed E-state index contributed by atoms with van der Waals surface area (Å²) in [7, 11) is 1.97. The predicted octanol–water partition coefficient (Wildman–Crippen LogP) is 1.98. The second-order valence-electron chi connectivity index (χ2n) is 3.86. The number of thiazole rings is 1. The first-order valence-corrected chi connectivity index (χ1v) is 6.26. The average molecular weight is 249 g/mol. The van der Waals surface area contributed by atoms with Crippen LogP contribution in [0.5, 0.6) is 0 Å². The van der Waals surface area contributed by atoms with Gasteiger partial charge < -0.3 is 10.0 Å². The first kappa shape index (κ1) is 12.0. The average Bonchev–Trinajstić information content (AvgIpc) is 2.75. The van der Waals surface area contributed by atoms with Crippen molar-refractivity contribution >= 4 is 17.2 Å². The van der Waals surface area contributed by atoms with Crippen molar-refractivity contribution < 1.29 is 5.11 Å². The van der Waals surface area contributed by atoms with Gasteiger partial charge in [0.25, 0.3) is 0 Å². The first-order chi connectivity index (χ1) is 8.19. The lowest BCUT2D eigenvalue weighted by molar-refractivity contribution is 0.277. The quantitative estimate of drug-likeness (QED) is 0.900. The van der Waals surface area contributed by atoms with Gasteiger partial charge in [-0.05, 0) is 19.1 Å². The molecule has 0 amide bonds. The van der Waals surface area contributed by atoms with E-state index >= 15 is 0 Å². The fourth-order valence-electron chi connectivity index (χ4n) is 1.57. The fraction of sp³-hybridized carbons (Fsp3) is 0.333. The summed E-state index contributed by atoms with van der Waals surface area (Å²) >= 11 is 1.65. The van der Waals surface area contributed by atoms with E-state index in [-0.39, 0.29) is 6.61 Å². The zero-order valence-corrected chi connectivity index (χ0v) is 10.7. The summed E-state index contributed by atoms with van der Waals surface area (Å²) in [4.78, 5) is 10.8. The van der Waals surface area contributed by atoms with Gasteiger partial charge in [0.15, 0.2) is 0 Å². The number of rotatable bonds is 4. The summed E-state index contributed by atoms with van der Waals surface area (Å²) in [5, 5.41) is 12.2. The Labute approximate surface area is 105 Å². The van der Waals surface area contributed by atoms with Crippen molar-refractivity contribution in [3.8, 4) is 0 Å². The molecule has 0 spiro atoms. The minimum absolute atomic E-state index is 0.0303. The largest absolute Gasteiger partial charge is 0.390 e. The van der Waals surface area contributed by atoms with E-state index in [0.717, 1.165) is 23.1 Å². The number of pyridine rings is 1. The molecule has 0 saturated heterocycles. The van der Waals surface area contributed by atoms with Crippen molar-refractivity contribution in [2.75, 3.05) is 11.9 Å². The molecule has 17 heavy (non-hydrogen) atoms. The number of hydrogen-bond acceptors (Lipinski definition) is 5. The third kappa shape index (κ3) is 3.01. The van der Waals surface area contributed by atoms with Crippen LogP contribution >= 0.6 is 11.3 Å². The molecule has 2 aromatic heterocycles. The zero-order valence-electron chi connectivity index (χ0n) is 9.92. The van der Waals surface area contributed by atoms with E-state index in [2.05, 4.69) is 15.3 Å². The first-order valence-electron chi connectivity index (χ1n) is 5.38. The van der Waals surface area contributed by atoms with Gasteiger partial charge in [-0.1, -0.05) is 6.07 Å². The maximum Gasteiger partial charge on any atom is 0.128 e. The van der Waals surface area contributed by atoms with E-state index < -0.39 is 0 Å². The van der Waals surface area contributed by atoms with Gasteiger partial charge in [-0.2, -0.15) is 0 Å². The van der Waals surface area contributed by atoms with Crippen LogP contribution in [0.1, 0.15) is 16.4 Å². The molecule has 0 unspecified atom stereocenters. The van der Waals surface area contributed by atoms with Gasteiger partial charge in [-0.3, -0.25) is 0 Å². The molecule has 0 aliphatic heterocycles. The van der Waals surface area contributed by atoms with E-state index in [4.69, 9.17) is 5.11 Å². The Kier molecular flexibility index (Phi) is 3.71. The lowest BCUT2D eigenvalue weighted by Crippen LogP contribution is -2.18. The van der Waals surface area contributed by atoms with Crippen LogP contribution < -0.4 is 4.90 Å². The predicted molar refractivity (Wildman–Crippen MR) is 69.1 cm³/mol. The number of anilines is 1. The monoisotopic (exact) mass is 249 g/mol. The van der Waals surface area contributed by atoms with Crippen molar-refractivity contribution in [1.82, 2.24) is 9.97 Å². The molecule has 4 nitrogen and oxygen atoms in total. The Morgan fingerprint density at radius 1 is 1.29 bits per heavy atom. The van der Waals surface area contributed by atoms with Crippen LogP contribution in [-0.2, 0) is 13.2 Å². The molecule has 1 N–H and O–H groups in total. The number of aliphatic hydroxyl groups is 1. The summed E-state index contributed by atoms with van der Waals surface area (Å²) in [6, 6.07) is 5.64.